The van der Waals surface area contributed by atoms with Crippen LogP contribution in [0.5, 0.6) is 11.5 Å². The van der Waals surface area contributed by atoms with E-state index in [1.54, 1.807) is 6.07 Å². The van der Waals surface area contributed by atoms with E-state index < -0.39 is 0 Å². The highest BCUT2D eigenvalue weighted by molar-refractivity contribution is 5.45. The maximum absolute atomic E-state index is 9.42. The van der Waals surface area contributed by atoms with Crippen molar-refractivity contribution >= 4 is 0 Å². The van der Waals surface area contributed by atoms with E-state index in [1.807, 2.05) is 26.8 Å². The Morgan fingerprint density at radius 2 is 1.83 bits per heavy atom. The molecule has 0 heterocycles. The summed E-state index contributed by atoms with van der Waals surface area (Å²) in [7, 11) is 0. The molecule has 0 unspecified atom stereocenters. The van der Waals surface area contributed by atoms with Crippen LogP contribution < -0.4 is 4.74 Å². The molecule has 0 aliphatic heterocycles. The number of phenols is 1. The monoisotopic (exact) mass is 166 g/mol. The van der Waals surface area contributed by atoms with Gasteiger partial charge in [0.25, 0.3) is 0 Å². The number of hydrogen-bond donors (Lipinski definition) is 1. The van der Waals surface area contributed by atoms with Crippen LogP contribution in [0.1, 0.15) is 18.1 Å². The van der Waals surface area contributed by atoms with Crippen LogP contribution in [0.15, 0.2) is 12.1 Å². The molecule has 1 rings (SSSR count). The van der Waals surface area contributed by atoms with Crippen molar-refractivity contribution in [1.82, 2.24) is 0 Å². The van der Waals surface area contributed by atoms with Crippen LogP contribution in [0, 0.1) is 13.8 Å². The Morgan fingerprint density at radius 3 is 2.42 bits per heavy atom. The minimum atomic E-state index is 0.222. The van der Waals surface area contributed by atoms with Gasteiger partial charge in [-0.15, -0.1) is 0 Å². The summed E-state index contributed by atoms with van der Waals surface area (Å²) in [5.74, 6) is 0.792. The van der Waals surface area contributed by atoms with Crippen LogP contribution in [0.25, 0.3) is 0 Å². The normalized spacial score (nSPS) is 9.92. The van der Waals surface area contributed by atoms with Gasteiger partial charge in [0.05, 0.1) is 6.61 Å². The van der Waals surface area contributed by atoms with Crippen molar-refractivity contribution in [3.8, 4) is 11.5 Å². The fourth-order valence-corrected chi connectivity index (χ4v) is 1.05. The van der Waals surface area contributed by atoms with Gasteiger partial charge in [-0.3, -0.25) is 0 Å². The van der Waals surface area contributed by atoms with Crippen LogP contribution in [0.2, 0.25) is 0 Å². The van der Waals surface area contributed by atoms with E-state index in [0.717, 1.165) is 11.1 Å². The predicted molar refractivity (Wildman–Crippen MR) is 48.7 cm³/mol. The summed E-state index contributed by atoms with van der Waals surface area (Å²) >= 11 is 0. The summed E-state index contributed by atoms with van der Waals surface area (Å²) in [5.41, 5.74) is 2.22. The molecule has 0 radical (unpaired) electrons. The van der Waals surface area contributed by atoms with E-state index in [1.165, 1.54) is 0 Å². The lowest BCUT2D eigenvalue weighted by Gasteiger charge is -2.08. The third kappa shape index (κ3) is 1.70. The molecule has 0 aliphatic rings. The van der Waals surface area contributed by atoms with Crippen LogP contribution in [0.3, 0.4) is 0 Å². The van der Waals surface area contributed by atoms with Crippen molar-refractivity contribution in [2.24, 2.45) is 0 Å². The van der Waals surface area contributed by atoms with E-state index in [0.29, 0.717) is 12.4 Å². The second kappa shape index (κ2) is 3.48. The van der Waals surface area contributed by atoms with Gasteiger partial charge in [-0.2, -0.15) is 0 Å². The highest BCUT2D eigenvalue weighted by Gasteiger charge is 2.03. The average molecular weight is 166 g/mol. The SMILES string of the molecule is CCOc1cc(C)c(C)cc1O. The average Bonchev–Trinajstić information content (AvgIpc) is 2.01. The molecule has 1 aromatic rings. The summed E-state index contributed by atoms with van der Waals surface area (Å²) in [6, 6.07) is 3.58. The number of aromatic hydroxyl groups is 1. The standard InChI is InChI=1S/C10H14O2/c1-4-12-10-6-8(3)7(2)5-9(10)11/h5-6,11H,4H2,1-3H3. The smallest absolute Gasteiger partial charge is 0.161 e. The van der Waals surface area contributed by atoms with Gasteiger partial charge >= 0.3 is 0 Å². The third-order valence-corrected chi connectivity index (χ3v) is 1.88. The van der Waals surface area contributed by atoms with Gasteiger partial charge < -0.3 is 9.84 Å². The minimum absolute atomic E-state index is 0.222. The maximum atomic E-state index is 9.42. The Morgan fingerprint density at radius 1 is 1.25 bits per heavy atom. The molecule has 2 nitrogen and oxygen atoms in total. The Hall–Kier alpha value is -1.18. The van der Waals surface area contributed by atoms with Crippen molar-refractivity contribution in [3.05, 3.63) is 23.3 Å². The highest BCUT2D eigenvalue weighted by atomic mass is 16.5. The van der Waals surface area contributed by atoms with Crippen LogP contribution in [-0.4, -0.2) is 11.7 Å². The van der Waals surface area contributed by atoms with E-state index in [-0.39, 0.29) is 5.75 Å². The largest absolute Gasteiger partial charge is 0.504 e. The first-order chi connectivity index (χ1) is 5.65. The number of ether oxygens (including phenoxy) is 1. The summed E-state index contributed by atoms with van der Waals surface area (Å²) in [6.45, 7) is 6.44. The highest BCUT2D eigenvalue weighted by Crippen LogP contribution is 2.28. The summed E-state index contributed by atoms with van der Waals surface area (Å²) in [4.78, 5) is 0. The van der Waals surface area contributed by atoms with Crippen molar-refractivity contribution in [3.63, 3.8) is 0 Å². The predicted octanol–water partition coefficient (Wildman–Crippen LogP) is 2.41. The van der Waals surface area contributed by atoms with Gasteiger partial charge in [0.2, 0.25) is 0 Å². The van der Waals surface area contributed by atoms with Crippen LogP contribution in [-0.2, 0) is 0 Å². The lowest BCUT2D eigenvalue weighted by molar-refractivity contribution is 0.317. The van der Waals surface area contributed by atoms with Crippen molar-refractivity contribution in [1.29, 1.82) is 0 Å². The second-order valence-electron chi connectivity index (χ2n) is 2.84. The molecule has 0 bridgehead atoms. The fourth-order valence-electron chi connectivity index (χ4n) is 1.05. The van der Waals surface area contributed by atoms with Gasteiger partial charge in [0.1, 0.15) is 0 Å². The minimum Gasteiger partial charge on any atom is -0.504 e. The molecule has 0 atom stereocenters. The van der Waals surface area contributed by atoms with Gasteiger partial charge in [0.15, 0.2) is 11.5 Å². The number of aryl methyl sites for hydroxylation is 2. The summed E-state index contributed by atoms with van der Waals surface area (Å²) < 4.78 is 5.22. The summed E-state index contributed by atoms with van der Waals surface area (Å²) in [5, 5.41) is 9.42. The van der Waals surface area contributed by atoms with Gasteiger partial charge in [0, 0.05) is 0 Å². The van der Waals surface area contributed by atoms with E-state index in [9.17, 15) is 5.11 Å². The first-order valence-electron chi connectivity index (χ1n) is 4.08. The van der Waals surface area contributed by atoms with Crippen LogP contribution >= 0.6 is 0 Å². The van der Waals surface area contributed by atoms with Gasteiger partial charge in [-0.1, -0.05) is 0 Å². The van der Waals surface area contributed by atoms with Crippen molar-refractivity contribution < 1.29 is 9.84 Å². The molecule has 0 aromatic heterocycles. The first-order valence-corrected chi connectivity index (χ1v) is 4.08. The molecule has 0 fully saturated rings. The Kier molecular flexibility index (Phi) is 2.58. The molecular weight excluding hydrogens is 152 g/mol. The molecule has 0 saturated carbocycles. The zero-order valence-electron chi connectivity index (χ0n) is 7.72. The Balaban J connectivity index is 3.05. The second-order valence-corrected chi connectivity index (χ2v) is 2.84. The molecule has 0 saturated heterocycles. The fraction of sp³-hybridized carbons (Fsp3) is 0.400. The molecule has 66 valence electrons. The maximum Gasteiger partial charge on any atom is 0.161 e. The topological polar surface area (TPSA) is 29.5 Å². The molecule has 2 heteroatoms. The molecule has 1 N–H and O–H groups in total. The molecule has 0 aliphatic carbocycles. The number of benzene rings is 1. The molecule has 0 amide bonds. The van der Waals surface area contributed by atoms with E-state index in [2.05, 4.69) is 0 Å². The number of phenolic OH excluding ortho intramolecular Hbond substituents is 1. The first kappa shape index (κ1) is 8.91. The van der Waals surface area contributed by atoms with Gasteiger partial charge in [-0.05, 0) is 44.0 Å². The Bertz CT molecular complexity index is 279. The number of hydrogen-bond acceptors (Lipinski definition) is 2. The molecule has 0 spiro atoms. The lowest BCUT2D eigenvalue weighted by Crippen LogP contribution is -1.93. The third-order valence-electron chi connectivity index (χ3n) is 1.88. The zero-order valence-corrected chi connectivity index (χ0v) is 7.72. The van der Waals surface area contributed by atoms with E-state index >= 15 is 0 Å². The Labute approximate surface area is 72.8 Å². The zero-order chi connectivity index (χ0) is 9.14. The molecular formula is C10H14O2. The van der Waals surface area contributed by atoms with Gasteiger partial charge in [-0.25, -0.2) is 0 Å². The summed E-state index contributed by atoms with van der Waals surface area (Å²) in [6.07, 6.45) is 0. The quantitative estimate of drug-likeness (QED) is 0.731. The lowest BCUT2D eigenvalue weighted by atomic mass is 10.1. The van der Waals surface area contributed by atoms with Crippen molar-refractivity contribution in [2.45, 2.75) is 20.8 Å². The number of rotatable bonds is 2. The van der Waals surface area contributed by atoms with E-state index in [4.69, 9.17) is 4.74 Å². The van der Waals surface area contributed by atoms with Crippen molar-refractivity contribution in [2.75, 3.05) is 6.61 Å². The molecule has 12 heavy (non-hydrogen) atoms. The van der Waals surface area contributed by atoms with Crippen LogP contribution in [0.4, 0.5) is 0 Å². The molecule has 1 aromatic carbocycles.